The Morgan fingerprint density at radius 3 is 2.78 bits per heavy atom. The van der Waals surface area contributed by atoms with Gasteiger partial charge in [-0.2, -0.15) is 0 Å². The average Bonchev–Trinajstić information content (AvgIpc) is 3.15. The molecule has 5 nitrogen and oxygen atoms in total. The number of hydrogen-bond acceptors (Lipinski definition) is 6. The van der Waals surface area contributed by atoms with E-state index in [0.717, 1.165) is 17.8 Å². The standard InChI is InChI=1S/C12H18N2O3S/c1-16-6-5-14-12-10(17-2)8(13)11(18-12)9(15)7-3-4-7/h7,14H,3-6,13H2,1-2H3. The summed E-state index contributed by atoms with van der Waals surface area (Å²) in [5, 5.41) is 3.98. The molecule has 1 aliphatic carbocycles. The van der Waals surface area contributed by atoms with Crippen LogP contribution in [0.3, 0.4) is 0 Å². The van der Waals surface area contributed by atoms with E-state index in [1.54, 1.807) is 14.2 Å². The smallest absolute Gasteiger partial charge is 0.178 e. The quantitative estimate of drug-likeness (QED) is 0.585. The summed E-state index contributed by atoms with van der Waals surface area (Å²) in [6.45, 7) is 1.25. The average molecular weight is 270 g/mol. The fourth-order valence-corrected chi connectivity index (χ4v) is 2.86. The maximum atomic E-state index is 12.1. The summed E-state index contributed by atoms with van der Waals surface area (Å²) in [5.41, 5.74) is 6.44. The molecular weight excluding hydrogens is 252 g/mol. The van der Waals surface area contributed by atoms with Gasteiger partial charge in [-0.05, 0) is 12.8 Å². The van der Waals surface area contributed by atoms with Gasteiger partial charge in [0, 0.05) is 19.6 Å². The molecule has 1 saturated carbocycles. The molecule has 18 heavy (non-hydrogen) atoms. The van der Waals surface area contributed by atoms with Crippen LogP contribution in [-0.2, 0) is 4.74 Å². The van der Waals surface area contributed by atoms with Crippen molar-refractivity contribution in [1.29, 1.82) is 0 Å². The van der Waals surface area contributed by atoms with Crippen LogP contribution in [-0.4, -0.2) is 33.2 Å². The molecule has 0 spiro atoms. The summed E-state index contributed by atoms with van der Waals surface area (Å²) in [7, 11) is 3.20. The lowest BCUT2D eigenvalue weighted by Crippen LogP contribution is -2.07. The maximum Gasteiger partial charge on any atom is 0.178 e. The first-order valence-electron chi connectivity index (χ1n) is 5.92. The van der Waals surface area contributed by atoms with E-state index in [9.17, 15) is 4.79 Å². The number of nitrogens with one attached hydrogen (secondary N) is 1. The van der Waals surface area contributed by atoms with Gasteiger partial charge in [-0.3, -0.25) is 4.79 Å². The monoisotopic (exact) mass is 270 g/mol. The van der Waals surface area contributed by atoms with Crippen LogP contribution in [0, 0.1) is 5.92 Å². The Labute approximate surface area is 110 Å². The van der Waals surface area contributed by atoms with E-state index in [1.807, 2.05) is 0 Å². The highest BCUT2D eigenvalue weighted by molar-refractivity contribution is 7.19. The number of methoxy groups -OCH3 is 2. The summed E-state index contributed by atoms with van der Waals surface area (Å²) in [5.74, 6) is 0.887. The van der Waals surface area contributed by atoms with Crippen LogP contribution < -0.4 is 15.8 Å². The zero-order valence-corrected chi connectivity index (χ0v) is 11.4. The zero-order chi connectivity index (χ0) is 13.1. The van der Waals surface area contributed by atoms with Crippen LogP contribution in [0.4, 0.5) is 10.7 Å². The van der Waals surface area contributed by atoms with Crippen LogP contribution in [0.1, 0.15) is 22.5 Å². The van der Waals surface area contributed by atoms with Gasteiger partial charge in [0.1, 0.15) is 5.00 Å². The summed E-state index contributed by atoms with van der Waals surface area (Å²) < 4.78 is 10.2. The van der Waals surface area contributed by atoms with E-state index in [2.05, 4.69) is 5.32 Å². The first-order valence-corrected chi connectivity index (χ1v) is 6.74. The van der Waals surface area contributed by atoms with Crippen LogP contribution >= 0.6 is 11.3 Å². The first-order chi connectivity index (χ1) is 8.69. The number of thiophene rings is 1. The number of carbonyl (C=O) groups excluding carboxylic acids is 1. The van der Waals surface area contributed by atoms with Crippen LogP contribution in [0.15, 0.2) is 0 Å². The Morgan fingerprint density at radius 1 is 1.50 bits per heavy atom. The molecule has 1 aromatic rings. The van der Waals surface area contributed by atoms with E-state index in [0.29, 0.717) is 29.5 Å². The summed E-state index contributed by atoms with van der Waals surface area (Å²) >= 11 is 1.37. The summed E-state index contributed by atoms with van der Waals surface area (Å²) in [4.78, 5) is 12.7. The third-order valence-electron chi connectivity index (χ3n) is 2.87. The van der Waals surface area contributed by atoms with E-state index < -0.39 is 0 Å². The van der Waals surface area contributed by atoms with Gasteiger partial charge in [0.05, 0.1) is 24.3 Å². The highest BCUT2D eigenvalue weighted by Gasteiger charge is 2.34. The molecule has 0 aromatic carbocycles. The zero-order valence-electron chi connectivity index (χ0n) is 10.6. The second-order valence-corrected chi connectivity index (χ2v) is 5.29. The molecule has 0 unspecified atom stereocenters. The Balaban J connectivity index is 2.17. The second-order valence-electron chi connectivity index (χ2n) is 4.27. The number of anilines is 2. The molecule has 2 rings (SSSR count). The predicted octanol–water partition coefficient (Wildman–Crippen LogP) is 1.99. The third-order valence-corrected chi connectivity index (χ3v) is 4.03. The minimum atomic E-state index is 0.149. The predicted molar refractivity (Wildman–Crippen MR) is 72.7 cm³/mol. The second kappa shape index (κ2) is 5.58. The number of hydrogen-bond donors (Lipinski definition) is 2. The highest BCUT2D eigenvalue weighted by atomic mass is 32.1. The van der Waals surface area contributed by atoms with Gasteiger partial charge >= 0.3 is 0 Å². The van der Waals surface area contributed by atoms with Crippen molar-refractivity contribution in [2.75, 3.05) is 38.4 Å². The van der Waals surface area contributed by atoms with Crippen molar-refractivity contribution in [2.45, 2.75) is 12.8 Å². The number of ether oxygens (including phenoxy) is 2. The molecule has 0 aliphatic heterocycles. The lowest BCUT2D eigenvalue weighted by molar-refractivity contribution is 0.0972. The normalized spacial score (nSPS) is 14.6. The number of carbonyl (C=O) groups is 1. The molecule has 1 heterocycles. The summed E-state index contributed by atoms with van der Waals surface area (Å²) in [6, 6.07) is 0. The molecule has 0 bridgehead atoms. The van der Waals surface area contributed by atoms with Crippen molar-refractivity contribution >= 4 is 27.8 Å². The Morgan fingerprint density at radius 2 is 2.22 bits per heavy atom. The third kappa shape index (κ3) is 2.59. The molecule has 6 heteroatoms. The lowest BCUT2D eigenvalue weighted by Gasteiger charge is -2.05. The Hall–Kier alpha value is -1.27. The number of nitrogens with two attached hydrogens (primary N) is 1. The van der Waals surface area contributed by atoms with Gasteiger partial charge in [0.15, 0.2) is 11.5 Å². The summed E-state index contributed by atoms with van der Waals surface area (Å²) in [6.07, 6.45) is 1.95. The van der Waals surface area contributed by atoms with Gasteiger partial charge in [-0.1, -0.05) is 0 Å². The maximum absolute atomic E-state index is 12.1. The fraction of sp³-hybridized carbons (Fsp3) is 0.583. The van der Waals surface area contributed by atoms with E-state index >= 15 is 0 Å². The van der Waals surface area contributed by atoms with Gasteiger partial charge in [-0.25, -0.2) is 0 Å². The van der Waals surface area contributed by atoms with Crippen molar-refractivity contribution < 1.29 is 14.3 Å². The Bertz CT molecular complexity index is 441. The number of ketones is 1. The van der Waals surface area contributed by atoms with Crippen molar-refractivity contribution in [3.05, 3.63) is 4.88 Å². The SMILES string of the molecule is COCCNc1sc(C(=O)C2CC2)c(N)c1OC. The molecule has 0 saturated heterocycles. The van der Waals surface area contributed by atoms with E-state index in [1.165, 1.54) is 11.3 Å². The van der Waals surface area contributed by atoms with E-state index in [4.69, 9.17) is 15.2 Å². The lowest BCUT2D eigenvalue weighted by atomic mass is 10.2. The van der Waals surface area contributed by atoms with Crippen molar-refractivity contribution in [1.82, 2.24) is 0 Å². The molecule has 0 atom stereocenters. The molecule has 1 aliphatic rings. The Kier molecular flexibility index (Phi) is 4.08. The van der Waals surface area contributed by atoms with Crippen LogP contribution in [0.5, 0.6) is 5.75 Å². The molecular formula is C12H18N2O3S. The minimum Gasteiger partial charge on any atom is -0.492 e. The van der Waals surface area contributed by atoms with Gasteiger partial charge < -0.3 is 20.5 Å². The first kappa shape index (κ1) is 13.2. The number of rotatable bonds is 7. The highest BCUT2D eigenvalue weighted by Crippen LogP contribution is 2.45. The molecule has 3 N–H and O–H groups in total. The van der Waals surface area contributed by atoms with Crippen LogP contribution in [0.2, 0.25) is 0 Å². The van der Waals surface area contributed by atoms with Crippen molar-refractivity contribution in [3.8, 4) is 5.75 Å². The van der Waals surface area contributed by atoms with Gasteiger partial charge in [0.2, 0.25) is 0 Å². The largest absolute Gasteiger partial charge is 0.492 e. The van der Waals surface area contributed by atoms with Gasteiger partial charge in [0.25, 0.3) is 0 Å². The number of nitrogen functional groups attached to an aromatic ring is 1. The van der Waals surface area contributed by atoms with Gasteiger partial charge in [-0.15, -0.1) is 11.3 Å². The number of Topliss-reactive ketones (excluding diaryl/α,β-unsaturated/α-hetero) is 1. The molecule has 1 aromatic heterocycles. The topological polar surface area (TPSA) is 73.6 Å². The fourth-order valence-electron chi connectivity index (χ4n) is 1.73. The molecule has 0 radical (unpaired) electrons. The van der Waals surface area contributed by atoms with Crippen molar-refractivity contribution in [3.63, 3.8) is 0 Å². The molecule has 0 amide bonds. The molecule has 100 valence electrons. The minimum absolute atomic E-state index is 0.149. The van der Waals surface area contributed by atoms with Crippen LogP contribution in [0.25, 0.3) is 0 Å². The van der Waals surface area contributed by atoms with E-state index in [-0.39, 0.29) is 11.7 Å². The molecule has 1 fully saturated rings. The van der Waals surface area contributed by atoms with Crippen molar-refractivity contribution in [2.24, 2.45) is 5.92 Å².